The van der Waals surface area contributed by atoms with Gasteiger partial charge in [0.15, 0.2) is 0 Å². The molecule has 0 aromatic carbocycles. The average Bonchev–Trinajstić information content (AvgIpc) is 2.61. The first-order chi connectivity index (χ1) is 7.20. The molecule has 2 heterocycles. The second-order valence-corrected chi connectivity index (χ2v) is 5.16. The summed E-state index contributed by atoms with van der Waals surface area (Å²) in [7, 11) is 0. The Balaban J connectivity index is 2.28. The Morgan fingerprint density at radius 1 is 1.47 bits per heavy atom. The maximum atomic E-state index is 5.39. The molecule has 4 heteroatoms. The van der Waals surface area contributed by atoms with Gasteiger partial charge in [-0.1, -0.05) is 0 Å². The van der Waals surface area contributed by atoms with Gasteiger partial charge in [-0.2, -0.15) is 5.10 Å². The lowest BCUT2D eigenvalue weighted by atomic mass is 9.96. The summed E-state index contributed by atoms with van der Waals surface area (Å²) in [5.41, 5.74) is 1.34. The first-order valence-corrected chi connectivity index (χ1v) is 6.30. The topological polar surface area (TPSA) is 27.1 Å². The van der Waals surface area contributed by atoms with E-state index < -0.39 is 0 Å². The summed E-state index contributed by atoms with van der Waals surface area (Å²) in [6.45, 7) is 6.09. The van der Waals surface area contributed by atoms with Crippen LogP contribution < -0.4 is 0 Å². The second kappa shape index (κ2) is 4.66. The van der Waals surface area contributed by atoms with Gasteiger partial charge in [0, 0.05) is 25.2 Å². The zero-order valence-corrected chi connectivity index (χ0v) is 10.8. The fourth-order valence-electron chi connectivity index (χ4n) is 2.12. The number of rotatable bonds is 2. The SMILES string of the molecule is CC(C)n1ncc(Br)c1C1CCOCC1. The molecule has 0 bridgehead atoms. The molecule has 0 aliphatic carbocycles. The molecule has 15 heavy (non-hydrogen) atoms. The van der Waals surface area contributed by atoms with E-state index in [9.17, 15) is 0 Å². The lowest BCUT2D eigenvalue weighted by Crippen LogP contribution is -2.19. The highest BCUT2D eigenvalue weighted by atomic mass is 79.9. The zero-order valence-electron chi connectivity index (χ0n) is 9.24. The van der Waals surface area contributed by atoms with E-state index in [0.717, 1.165) is 30.5 Å². The Kier molecular flexibility index (Phi) is 3.46. The van der Waals surface area contributed by atoms with Crippen molar-refractivity contribution < 1.29 is 4.74 Å². The van der Waals surface area contributed by atoms with Gasteiger partial charge in [-0.3, -0.25) is 4.68 Å². The Morgan fingerprint density at radius 2 is 2.13 bits per heavy atom. The first-order valence-electron chi connectivity index (χ1n) is 5.50. The largest absolute Gasteiger partial charge is 0.381 e. The number of nitrogens with zero attached hydrogens (tertiary/aromatic N) is 2. The minimum atomic E-state index is 0.425. The Hall–Kier alpha value is -0.350. The summed E-state index contributed by atoms with van der Waals surface area (Å²) >= 11 is 3.60. The van der Waals surface area contributed by atoms with Crippen molar-refractivity contribution in [2.45, 2.75) is 38.6 Å². The average molecular weight is 273 g/mol. The van der Waals surface area contributed by atoms with Crippen LogP contribution in [0.5, 0.6) is 0 Å². The third-order valence-corrected chi connectivity index (χ3v) is 3.50. The van der Waals surface area contributed by atoms with E-state index >= 15 is 0 Å². The van der Waals surface area contributed by atoms with E-state index in [2.05, 4.69) is 39.6 Å². The van der Waals surface area contributed by atoms with Crippen molar-refractivity contribution in [2.75, 3.05) is 13.2 Å². The van der Waals surface area contributed by atoms with Crippen molar-refractivity contribution in [1.82, 2.24) is 9.78 Å². The lowest BCUT2D eigenvalue weighted by molar-refractivity contribution is 0.0830. The van der Waals surface area contributed by atoms with Crippen LogP contribution in [0.2, 0.25) is 0 Å². The maximum absolute atomic E-state index is 5.39. The lowest BCUT2D eigenvalue weighted by Gasteiger charge is -2.24. The van der Waals surface area contributed by atoms with Crippen LogP contribution in [0.15, 0.2) is 10.7 Å². The molecule has 84 valence electrons. The molecule has 3 nitrogen and oxygen atoms in total. The van der Waals surface area contributed by atoms with Gasteiger partial charge in [0.2, 0.25) is 0 Å². The van der Waals surface area contributed by atoms with Crippen LogP contribution in [-0.2, 0) is 4.74 Å². The Labute approximate surface area is 98.9 Å². The predicted molar refractivity (Wildman–Crippen MR) is 63.1 cm³/mol. The van der Waals surface area contributed by atoms with Crippen LogP contribution in [0.3, 0.4) is 0 Å². The van der Waals surface area contributed by atoms with Crippen LogP contribution in [-0.4, -0.2) is 23.0 Å². The van der Waals surface area contributed by atoms with Crippen LogP contribution in [0, 0.1) is 0 Å². The fraction of sp³-hybridized carbons (Fsp3) is 0.727. The highest BCUT2D eigenvalue weighted by Gasteiger charge is 2.23. The van der Waals surface area contributed by atoms with Gasteiger partial charge in [0.1, 0.15) is 0 Å². The zero-order chi connectivity index (χ0) is 10.8. The molecule has 1 aliphatic rings. The van der Waals surface area contributed by atoms with E-state index in [-0.39, 0.29) is 0 Å². The molecule has 1 saturated heterocycles. The van der Waals surface area contributed by atoms with Crippen LogP contribution >= 0.6 is 15.9 Å². The molecular weight excluding hydrogens is 256 g/mol. The van der Waals surface area contributed by atoms with Crippen molar-refractivity contribution >= 4 is 15.9 Å². The van der Waals surface area contributed by atoms with Gasteiger partial charge < -0.3 is 4.74 Å². The van der Waals surface area contributed by atoms with Gasteiger partial charge in [-0.05, 0) is 42.6 Å². The summed E-state index contributed by atoms with van der Waals surface area (Å²) < 4.78 is 8.66. The quantitative estimate of drug-likeness (QED) is 0.827. The predicted octanol–water partition coefficient (Wildman–Crippen LogP) is 3.12. The van der Waals surface area contributed by atoms with Crippen LogP contribution in [0.25, 0.3) is 0 Å². The molecule has 1 aromatic heterocycles. The highest BCUT2D eigenvalue weighted by Crippen LogP contribution is 2.33. The monoisotopic (exact) mass is 272 g/mol. The highest BCUT2D eigenvalue weighted by molar-refractivity contribution is 9.10. The van der Waals surface area contributed by atoms with Gasteiger partial charge >= 0.3 is 0 Å². The molecule has 0 N–H and O–H groups in total. The third kappa shape index (κ3) is 2.26. The fourth-order valence-corrected chi connectivity index (χ4v) is 2.71. The number of hydrogen-bond acceptors (Lipinski definition) is 2. The summed E-state index contributed by atoms with van der Waals surface area (Å²) in [5.74, 6) is 0.595. The third-order valence-electron chi connectivity index (χ3n) is 2.88. The van der Waals surface area contributed by atoms with Crippen molar-refractivity contribution in [2.24, 2.45) is 0 Å². The molecule has 1 fully saturated rings. The van der Waals surface area contributed by atoms with Crippen LogP contribution in [0.4, 0.5) is 0 Å². The number of halogens is 1. The maximum Gasteiger partial charge on any atom is 0.0635 e. The second-order valence-electron chi connectivity index (χ2n) is 4.30. The Bertz CT molecular complexity index is 329. The molecule has 0 saturated carbocycles. The van der Waals surface area contributed by atoms with Crippen molar-refractivity contribution in [3.05, 3.63) is 16.4 Å². The molecule has 0 amide bonds. The summed E-state index contributed by atoms with van der Waals surface area (Å²) in [6.07, 6.45) is 4.12. The van der Waals surface area contributed by atoms with Gasteiger partial charge in [-0.15, -0.1) is 0 Å². The van der Waals surface area contributed by atoms with E-state index in [0.29, 0.717) is 12.0 Å². The minimum absolute atomic E-state index is 0.425. The number of aromatic nitrogens is 2. The van der Waals surface area contributed by atoms with Crippen molar-refractivity contribution in [3.8, 4) is 0 Å². The van der Waals surface area contributed by atoms with E-state index in [1.165, 1.54) is 5.69 Å². The summed E-state index contributed by atoms with van der Waals surface area (Å²) in [6, 6.07) is 0.425. The molecule has 1 aliphatic heterocycles. The van der Waals surface area contributed by atoms with Gasteiger partial charge in [0.25, 0.3) is 0 Å². The van der Waals surface area contributed by atoms with E-state index in [1.54, 1.807) is 0 Å². The first kappa shape index (κ1) is 11.1. The number of ether oxygens (including phenoxy) is 1. The number of hydrogen-bond donors (Lipinski definition) is 0. The molecule has 0 atom stereocenters. The van der Waals surface area contributed by atoms with E-state index in [4.69, 9.17) is 4.74 Å². The van der Waals surface area contributed by atoms with Gasteiger partial charge in [-0.25, -0.2) is 0 Å². The molecule has 2 rings (SSSR count). The molecule has 0 unspecified atom stereocenters. The molecule has 0 radical (unpaired) electrons. The Morgan fingerprint density at radius 3 is 2.73 bits per heavy atom. The molecular formula is C11H17BrN2O. The van der Waals surface area contributed by atoms with Crippen molar-refractivity contribution in [3.63, 3.8) is 0 Å². The van der Waals surface area contributed by atoms with Crippen molar-refractivity contribution in [1.29, 1.82) is 0 Å². The summed E-state index contributed by atoms with van der Waals surface area (Å²) in [4.78, 5) is 0. The molecule has 0 spiro atoms. The van der Waals surface area contributed by atoms with Crippen LogP contribution in [0.1, 0.15) is 44.3 Å². The summed E-state index contributed by atoms with van der Waals surface area (Å²) in [5, 5.41) is 4.42. The van der Waals surface area contributed by atoms with E-state index in [1.807, 2.05) is 6.20 Å². The smallest absolute Gasteiger partial charge is 0.0635 e. The molecule has 1 aromatic rings. The van der Waals surface area contributed by atoms with Gasteiger partial charge in [0.05, 0.1) is 16.4 Å². The normalized spacial score (nSPS) is 18.7. The minimum Gasteiger partial charge on any atom is -0.381 e. The standard InChI is InChI=1S/C11H17BrN2O/c1-8(2)14-11(10(12)7-13-14)9-3-5-15-6-4-9/h7-9H,3-6H2,1-2H3.